The zero-order valence-electron chi connectivity index (χ0n) is 23.3. The average Bonchev–Trinajstić information content (AvgIpc) is 2.79. The van der Waals surface area contributed by atoms with Crippen LogP contribution >= 0.6 is 0 Å². The van der Waals surface area contributed by atoms with Crippen LogP contribution in [0.3, 0.4) is 0 Å². The smallest absolute Gasteiger partial charge is 0.224 e. The molecule has 6 heteroatoms. The maximum atomic E-state index is 13.2. The third-order valence-corrected chi connectivity index (χ3v) is 8.73. The van der Waals surface area contributed by atoms with Gasteiger partial charge < -0.3 is 20.9 Å². The molecule has 1 amide bonds. The topological polar surface area (TPSA) is 69.3 Å². The van der Waals surface area contributed by atoms with E-state index in [-0.39, 0.29) is 16.7 Å². The highest BCUT2D eigenvalue weighted by Crippen LogP contribution is 2.61. The highest BCUT2D eigenvalue weighted by atomic mass is 16.1. The Labute approximate surface area is 223 Å². The first kappa shape index (κ1) is 26.4. The van der Waals surface area contributed by atoms with E-state index in [1.54, 1.807) is 0 Å². The monoisotopic (exact) mass is 504 g/mol. The SMILES string of the molecule is CN(C)CC(C)(C)[CH]NCCCNc1ccc2c(NC(=O)CC34CC5CC(CC(C5)C3)C4)cccc2n1. The minimum atomic E-state index is 0.138. The normalized spacial score (nSPS) is 26.7. The Hall–Kier alpha value is -2.18. The predicted molar refractivity (Wildman–Crippen MR) is 153 cm³/mol. The molecule has 6 rings (SSSR count). The molecular formula is C31H46N5O. The summed E-state index contributed by atoms with van der Waals surface area (Å²) in [6.07, 6.45) is 9.72. The number of pyridine rings is 1. The van der Waals surface area contributed by atoms with Crippen LogP contribution in [0, 0.1) is 35.1 Å². The summed E-state index contributed by atoms with van der Waals surface area (Å²) in [7, 11) is 4.21. The molecule has 4 bridgehead atoms. The van der Waals surface area contributed by atoms with Crippen molar-refractivity contribution in [1.82, 2.24) is 15.2 Å². The summed E-state index contributed by atoms with van der Waals surface area (Å²) in [6.45, 7) is 9.50. The standard InChI is InChI=1S/C31H46N5O/c1-30(2,21-36(3)4)20-32-11-6-12-33-28-10-9-25-26(34-28)7-5-8-27(25)35-29(37)19-31-16-22-13-23(17-31)15-24(14-22)18-31/h5,7-10,20,22-24,32H,6,11-19,21H2,1-4H3,(H,33,34)(H,35,37). The van der Waals surface area contributed by atoms with Crippen LogP contribution in [0.5, 0.6) is 0 Å². The van der Waals surface area contributed by atoms with Crippen LogP contribution in [0.2, 0.25) is 0 Å². The van der Waals surface area contributed by atoms with Gasteiger partial charge in [0.2, 0.25) is 5.91 Å². The maximum absolute atomic E-state index is 13.2. The molecule has 0 aliphatic heterocycles. The second-order valence-electron chi connectivity index (χ2n) is 13.3. The van der Waals surface area contributed by atoms with Crippen molar-refractivity contribution >= 4 is 28.3 Å². The minimum absolute atomic E-state index is 0.138. The molecule has 6 nitrogen and oxygen atoms in total. The fraction of sp³-hybridized carbons (Fsp3) is 0.645. The number of anilines is 2. The van der Waals surface area contributed by atoms with Gasteiger partial charge in [0, 0.05) is 31.4 Å². The van der Waals surface area contributed by atoms with E-state index in [1.165, 1.54) is 38.5 Å². The zero-order chi connectivity index (χ0) is 26.0. The molecule has 1 heterocycles. The lowest BCUT2D eigenvalue weighted by Gasteiger charge is -2.56. The van der Waals surface area contributed by atoms with E-state index in [2.05, 4.69) is 61.4 Å². The molecular weight excluding hydrogens is 458 g/mol. The molecule has 0 atom stereocenters. The van der Waals surface area contributed by atoms with Gasteiger partial charge in [-0.05, 0) is 118 Å². The first-order valence-corrected chi connectivity index (χ1v) is 14.3. The number of benzene rings is 1. The van der Waals surface area contributed by atoms with Crippen LogP contribution < -0.4 is 16.0 Å². The number of fused-ring (bicyclic) bond motifs is 1. The van der Waals surface area contributed by atoms with Gasteiger partial charge in [0.15, 0.2) is 0 Å². The van der Waals surface area contributed by atoms with Crippen LogP contribution in [0.15, 0.2) is 30.3 Å². The lowest BCUT2D eigenvalue weighted by molar-refractivity contribution is -0.124. The molecule has 1 radical (unpaired) electrons. The average molecular weight is 505 g/mol. The van der Waals surface area contributed by atoms with Crippen LogP contribution in [0.1, 0.15) is 65.2 Å². The molecule has 37 heavy (non-hydrogen) atoms. The summed E-state index contributed by atoms with van der Waals surface area (Å²) in [5.41, 5.74) is 2.19. The summed E-state index contributed by atoms with van der Waals surface area (Å²) in [5.74, 6) is 3.66. The van der Waals surface area contributed by atoms with Crippen molar-refractivity contribution in [2.45, 2.75) is 65.2 Å². The molecule has 3 N–H and O–H groups in total. The number of carbonyl (C=O) groups is 1. The molecule has 201 valence electrons. The van der Waals surface area contributed by atoms with Crippen molar-refractivity contribution in [1.29, 1.82) is 0 Å². The molecule has 2 aromatic rings. The van der Waals surface area contributed by atoms with Crippen molar-refractivity contribution < 1.29 is 4.79 Å². The number of amides is 1. The van der Waals surface area contributed by atoms with Gasteiger partial charge in [0.25, 0.3) is 0 Å². The van der Waals surface area contributed by atoms with Crippen molar-refractivity contribution in [3.63, 3.8) is 0 Å². The highest BCUT2D eigenvalue weighted by Gasteiger charge is 2.51. The first-order chi connectivity index (χ1) is 17.7. The summed E-state index contributed by atoms with van der Waals surface area (Å²) < 4.78 is 0. The molecule has 0 spiro atoms. The number of nitrogens with one attached hydrogen (secondary N) is 3. The second-order valence-corrected chi connectivity index (χ2v) is 13.3. The summed E-state index contributed by atoms with van der Waals surface area (Å²) >= 11 is 0. The lowest BCUT2D eigenvalue weighted by atomic mass is 9.49. The Balaban J connectivity index is 1.11. The van der Waals surface area contributed by atoms with Gasteiger partial charge in [-0.25, -0.2) is 4.98 Å². The van der Waals surface area contributed by atoms with E-state index in [4.69, 9.17) is 4.98 Å². The molecule has 4 fully saturated rings. The Morgan fingerprint density at radius 1 is 1.05 bits per heavy atom. The number of hydrogen-bond donors (Lipinski definition) is 3. The lowest BCUT2D eigenvalue weighted by Crippen LogP contribution is -2.47. The van der Waals surface area contributed by atoms with Crippen LogP contribution in [0.25, 0.3) is 10.9 Å². The van der Waals surface area contributed by atoms with Gasteiger partial charge in [-0.1, -0.05) is 19.9 Å². The Kier molecular flexibility index (Phi) is 7.78. The van der Waals surface area contributed by atoms with Crippen LogP contribution in [0.4, 0.5) is 11.5 Å². The molecule has 4 saturated carbocycles. The number of aromatic nitrogens is 1. The number of carbonyl (C=O) groups excluding carboxylic acids is 1. The van der Waals surface area contributed by atoms with E-state index < -0.39 is 0 Å². The fourth-order valence-electron chi connectivity index (χ4n) is 8.02. The summed E-state index contributed by atoms with van der Waals surface area (Å²) in [4.78, 5) is 20.2. The van der Waals surface area contributed by atoms with Crippen molar-refractivity contribution in [3.8, 4) is 0 Å². The van der Waals surface area contributed by atoms with E-state index in [9.17, 15) is 4.79 Å². The second kappa shape index (κ2) is 10.9. The van der Waals surface area contributed by atoms with Gasteiger partial charge >= 0.3 is 0 Å². The molecule has 4 aliphatic rings. The first-order valence-electron chi connectivity index (χ1n) is 14.3. The largest absolute Gasteiger partial charge is 0.370 e. The third-order valence-electron chi connectivity index (χ3n) is 8.73. The van der Waals surface area contributed by atoms with Gasteiger partial charge in [-0.15, -0.1) is 0 Å². The Morgan fingerprint density at radius 2 is 1.76 bits per heavy atom. The quantitative estimate of drug-likeness (QED) is 0.313. The van der Waals surface area contributed by atoms with E-state index >= 15 is 0 Å². The summed E-state index contributed by atoms with van der Waals surface area (Å²) in [5, 5.41) is 11.2. The third kappa shape index (κ3) is 6.64. The van der Waals surface area contributed by atoms with Gasteiger partial charge in [-0.2, -0.15) is 0 Å². The molecule has 1 aromatic carbocycles. The minimum Gasteiger partial charge on any atom is -0.370 e. The summed E-state index contributed by atoms with van der Waals surface area (Å²) in [6, 6.07) is 10.1. The van der Waals surface area contributed by atoms with Crippen molar-refractivity contribution in [2.75, 3.05) is 44.4 Å². The van der Waals surface area contributed by atoms with Gasteiger partial charge in [-0.3, -0.25) is 4.79 Å². The molecule has 1 aromatic heterocycles. The van der Waals surface area contributed by atoms with Crippen LogP contribution in [-0.2, 0) is 4.79 Å². The van der Waals surface area contributed by atoms with Crippen molar-refractivity contribution in [3.05, 3.63) is 36.9 Å². The molecule has 0 saturated heterocycles. The van der Waals surface area contributed by atoms with Gasteiger partial charge in [0.05, 0.1) is 11.2 Å². The van der Waals surface area contributed by atoms with E-state index in [0.717, 1.165) is 66.2 Å². The highest BCUT2D eigenvalue weighted by molar-refractivity contribution is 6.01. The van der Waals surface area contributed by atoms with Crippen LogP contribution in [-0.4, -0.2) is 49.5 Å². The van der Waals surface area contributed by atoms with Crippen molar-refractivity contribution in [2.24, 2.45) is 28.6 Å². The predicted octanol–water partition coefficient (Wildman–Crippen LogP) is 5.92. The molecule has 0 unspecified atom stereocenters. The Bertz CT molecular complexity index is 1060. The zero-order valence-corrected chi connectivity index (χ0v) is 23.3. The Morgan fingerprint density at radius 3 is 2.43 bits per heavy atom. The van der Waals surface area contributed by atoms with Gasteiger partial charge in [0.1, 0.15) is 5.82 Å². The van der Waals surface area contributed by atoms with E-state index in [0.29, 0.717) is 6.42 Å². The fourth-order valence-corrected chi connectivity index (χ4v) is 8.02. The number of rotatable bonds is 12. The number of nitrogens with zero attached hydrogens (tertiary/aromatic N) is 2. The number of hydrogen-bond acceptors (Lipinski definition) is 5. The maximum Gasteiger partial charge on any atom is 0.224 e. The molecule has 4 aliphatic carbocycles. The van der Waals surface area contributed by atoms with E-state index in [1.807, 2.05) is 24.3 Å².